The van der Waals surface area contributed by atoms with E-state index in [0.717, 1.165) is 17.3 Å². The predicted octanol–water partition coefficient (Wildman–Crippen LogP) is 6.10. The number of thioether (sulfide) groups is 1. The Kier molecular flexibility index (Phi) is 6.42. The van der Waals surface area contributed by atoms with Crippen LogP contribution in [0.2, 0.25) is 5.02 Å². The normalized spacial score (nSPS) is 15.7. The Morgan fingerprint density at radius 3 is 2.51 bits per heavy atom. The zero-order valence-corrected chi connectivity index (χ0v) is 20.8. The van der Waals surface area contributed by atoms with Crippen molar-refractivity contribution in [2.24, 2.45) is 0 Å². The zero-order valence-electron chi connectivity index (χ0n) is 18.4. The minimum absolute atomic E-state index is 0.0516. The lowest BCUT2D eigenvalue weighted by atomic mass is 10.1. The van der Waals surface area contributed by atoms with Crippen molar-refractivity contribution in [3.05, 3.63) is 110 Å². The van der Waals surface area contributed by atoms with E-state index < -0.39 is 0 Å². The molecule has 5 rings (SSSR count). The summed E-state index contributed by atoms with van der Waals surface area (Å²) >= 11 is 13.0. The summed E-state index contributed by atoms with van der Waals surface area (Å²) in [5, 5.41) is 0.372. The van der Waals surface area contributed by atoms with Crippen LogP contribution < -0.4 is 10.3 Å². The smallest absolute Gasteiger partial charge is 0.269 e. The number of nitrogens with zero attached hydrogens (tertiary/aromatic N) is 3. The molecule has 1 amide bonds. The molecule has 1 fully saturated rings. The van der Waals surface area contributed by atoms with Crippen LogP contribution in [0.3, 0.4) is 0 Å². The third-order valence-corrected chi connectivity index (χ3v) is 7.19. The van der Waals surface area contributed by atoms with Gasteiger partial charge in [0.15, 0.2) is 0 Å². The third-order valence-electron chi connectivity index (χ3n) is 5.55. The number of pyridine rings is 1. The second kappa shape index (κ2) is 9.65. The first-order valence-electron chi connectivity index (χ1n) is 10.7. The Labute approximate surface area is 215 Å². The molecule has 1 aliphatic rings. The largest absolute Gasteiger partial charge is 0.437 e. The van der Waals surface area contributed by atoms with Crippen LogP contribution in [-0.4, -0.2) is 24.5 Å². The number of amides is 1. The number of thiocarbonyl (C=S) groups is 1. The van der Waals surface area contributed by atoms with Crippen molar-refractivity contribution in [1.82, 2.24) is 14.3 Å². The standard InChI is InChI=1S/C26H18ClN3O3S2/c1-16(17-9-3-2-4-10-17)30-25(32)21(35-26(30)34)15-18-23(33-20-12-6-5-11-19(20)27)28-22-13-7-8-14-29(22)24(18)31/h2-16H,1H3/b21-15+. The fourth-order valence-corrected chi connectivity index (χ4v) is 5.32. The van der Waals surface area contributed by atoms with Gasteiger partial charge in [-0.1, -0.05) is 84.1 Å². The van der Waals surface area contributed by atoms with Crippen LogP contribution in [0.1, 0.15) is 24.1 Å². The third kappa shape index (κ3) is 4.48. The van der Waals surface area contributed by atoms with Gasteiger partial charge in [0.05, 0.1) is 16.0 Å². The number of halogens is 1. The van der Waals surface area contributed by atoms with Gasteiger partial charge in [-0.25, -0.2) is 0 Å². The molecule has 0 saturated carbocycles. The summed E-state index contributed by atoms with van der Waals surface area (Å²) in [6.45, 7) is 1.92. The van der Waals surface area contributed by atoms with Gasteiger partial charge in [0, 0.05) is 6.20 Å². The lowest BCUT2D eigenvalue weighted by Gasteiger charge is -2.23. The second-order valence-corrected chi connectivity index (χ2v) is 9.82. The molecule has 6 nitrogen and oxygen atoms in total. The predicted molar refractivity (Wildman–Crippen MR) is 143 cm³/mol. The molecule has 2 aromatic carbocycles. The van der Waals surface area contributed by atoms with Crippen LogP contribution >= 0.6 is 35.6 Å². The Morgan fingerprint density at radius 1 is 1.03 bits per heavy atom. The number of benzene rings is 2. The fraction of sp³-hybridized carbons (Fsp3) is 0.0769. The molecule has 0 aliphatic carbocycles. The van der Waals surface area contributed by atoms with Gasteiger partial charge in [-0.3, -0.25) is 18.9 Å². The molecule has 0 bridgehead atoms. The lowest BCUT2D eigenvalue weighted by Crippen LogP contribution is -2.31. The number of hydrogen-bond donors (Lipinski definition) is 0. The molecule has 1 saturated heterocycles. The van der Waals surface area contributed by atoms with Crippen molar-refractivity contribution in [2.45, 2.75) is 13.0 Å². The van der Waals surface area contributed by atoms with E-state index in [1.807, 2.05) is 37.3 Å². The van der Waals surface area contributed by atoms with E-state index in [1.54, 1.807) is 53.6 Å². The van der Waals surface area contributed by atoms with E-state index in [0.29, 0.717) is 25.6 Å². The Hall–Kier alpha value is -3.46. The number of para-hydroxylation sites is 1. The summed E-state index contributed by atoms with van der Waals surface area (Å²) in [4.78, 5) is 33.2. The van der Waals surface area contributed by atoms with E-state index in [1.165, 1.54) is 10.5 Å². The van der Waals surface area contributed by atoms with E-state index in [-0.39, 0.29) is 29.0 Å². The molecule has 0 spiro atoms. The molecule has 0 N–H and O–H groups in total. The van der Waals surface area contributed by atoms with Crippen LogP contribution in [0, 0.1) is 0 Å². The highest BCUT2D eigenvalue weighted by molar-refractivity contribution is 8.26. The van der Waals surface area contributed by atoms with Gasteiger partial charge in [0.1, 0.15) is 21.3 Å². The summed E-state index contributed by atoms with van der Waals surface area (Å²) in [6.07, 6.45) is 3.11. The van der Waals surface area contributed by atoms with Crippen molar-refractivity contribution < 1.29 is 9.53 Å². The van der Waals surface area contributed by atoms with Crippen molar-refractivity contribution in [3.63, 3.8) is 0 Å². The average molecular weight is 520 g/mol. The summed E-state index contributed by atoms with van der Waals surface area (Å²) in [7, 11) is 0. The first-order chi connectivity index (χ1) is 16.9. The maximum atomic E-state index is 13.4. The first-order valence-corrected chi connectivity index (χ1v) is 12.3. The van der Waals surface area contributed by atoms with Gasteiger partial charge in [0.25, 0.3) is 11.5 Å². The van der Waals surface area contributed by atoms with Crippen LogP contribution in [0.25, 0.3) is 11.7 Å². The highest BCUT2D eigenvalue weighted by atomic mass is 35.5. The number of rotatable bonds is 5. The fourth-order valence-electron chi connectivity index (χ4n) is 3.74. The quantitative estimate of drug-likeness (QED) is 0.234. The molecule has 174 valence electrons. The number of hydrogen-bond acceptors (Lipinski definition) is 6. The van der Waals surface area contributed by atoms with Crippen molar-refractivity contribution in [1.29, 1.82) is 0 Å². The van der Waals surface area contributed by atoms with E-state index in [4.69, 9.17) is 28.6 Å². The molecule has 0 radical (unpaired) electrons. The zero-order chi connectivity index (χ0) is 24.5. The minimum atomic E-state index is -0.376. The molecule has 9 heteroatoms. The number of carbonyl (C=O) groups excluding carboxylic acids is 1. The highest BCUT2D eigenvalue weighted by Gasteiger charge is 2.36. The molecular weight excluding hydrogens is 502 g/mol. The van der Waals surface area contributed by atoms with Gasteiger partial charge in [-0.15, -0.1) is 0 Å². The van der Waals surface area contributed by atoms with Gasteiger partial charge in [-0.05, 0) is 42.8 Å². The minimum Gasteiger partial charge on any atom is -0.437 e. The molecule has 2 aromatic heterocycles. The summed E-state index contributed by atoms with van der Waals surface area (Å²) in [6, 6.07) is 21.5. The van der Waals surface area contributed by atoms with E-state index in [2.05, 4.69) is 4.98 Å². The van der Waals surface area contributed by atoms with Crippen LogP contribution in [0.15, 0.2) is 88.7 Å². The van der Waals surface area contributed by atoms with Crippen molar-refractivity contribution >= 4 is 57.5 Å². The lowest BCUT2D eigenvalue weighted by molar-refractivity contribution is -0.123. The Bertz CT molecular complexity index is 1550. The second-order valence-electron chi connectivity index (χ2n) is 7.74. The summed E-state index contributed by atoms with van der Waals surface area (Å²) < 4.78 is 7.80. The van der Waals surface area contributed by atoms with Gasteiger partial charge < -0.3 is 4.74 Å². The molecule has 1 unspecified atom stereocenters. The molecule has 1 aliphatic heterocycles. The number of aromatic nitrogens is 2. The summed E-state index contributed by atoms with van der Waals surface area (Å²) in [5.41, 5.74) is 1.11. The van der Waals surface area contributed by atoms with Crippen molar-refractivity contribution in [2.75, 3.05) is 0 Å². The van der Waals surface area contributed by atoms with E-state index in [9.17, 15) is 9.59 Å². The molecule has 35 heavy (non-hydrogen) atoms. The van der Waals surface area contributed by atoms with Crippen LogP contribution in [0.5, 0.6) is 11.6 Å². The number of ether oxygens (including phenoxy) is 1. The van der Waals surface area contributed by atoms with Gasteiger partial charge in [0.2, 0.25) is 5.88 Å². The van der Waals surface area contributed by atoms with Gasteiger partial charge >= 0.3 is 0 Å². The van der Waals surface area contributed by atoms with Crippen LogP contribution in [-0.2, 0) is 4.79 Å². The summed E-state index contributed by atoms with van der Waals surface area (Å²) in [5.74, 6) is 0.120. The van der Waals surface area contributed by atoms with Gasteiger partial charge in [-0.2, -0.15) is 4.98 Å². The van der Waals surface area contributed by atoms with Crippen LogP contribution in [0.4, 0.5) is 0 Å². The molecule has 1 atom stereocenters. The monoisotopic (exact) mass is 519 g/mol. The average Bonchev–Trinajstić information content (AvgIpc) is 3.15. The SMILES string of the molecule is CC(c1ccccc1)N1C(=O)/C(=C\c2c(Oc3ccccc3Cl)nc3ccccn3c2=O)SC1=S. The first kappa shape index (κ1) is 23.3. The van der Waals surface area contributed by atoms with Crippen molar-refractivity contribution in [3.8, 4) is 11.6 Å². The number of fused-ring (bicyclic) bond motifs is 1. The number of carbonyl (C=O) groups is 1. The maximum absolute atomic E-state index is 13.4. The Balaban J connectivity index is 1.60. The maximum Gasteiger partial charge on any atom is 0.269 e. The molecule has 3 heterocycles. The topological polar surface area (TPSA) is 63.9 Å². The molecular formula is C26H18ClN3O3S2. The van der Waals surface area contributed by atoms with E-state index >= 15 is 0 Å². The highest BCUT2D eigenvalue weighted by Crippen LogP contribution is 2.39. The molecule has 4 aromatic rings. The Morgan fingerprint density at radius 2 is 1.74 bits per heavy atom.